The summed E-state index contributed by atoms with van der Waals surface area (Å²) in [6.07, 6.45) is 79.4. The van der Waals surface area contributed by atoms with E-state index in [9.17, 15) is 14.4 Å². The summed E-state index contributed by atoms with van der Waals surface area (Å²) in [5.41, 5.74) is 0. The van der Waals surface area contributed by atoms with Crippen molar-refractivity contribution in [3.8, 4) is 0 Å². The molecule has 0 heterocycles. The van der Waals surface area contributed by atoms with E-state index in [0.29, 0.717) is 19.3 Å². The lowest BCUT2D eigenvalue weighted by molar-refractivity contribution is -0.167. The van der Waals surface area contributed by atoms with Crippen molar-refractivity contribution in [2.75, 3.05) is 13.2 Å². The van der Waals surface area contributed by atoms with Crippen molar-refractivity contribution in [1.29, 1.82) is 0 Å². The molecule has 0 spiro atoms. The fourth-order valence-corrected chi connectivity index (χ4v) is 7.77. The molecule has 71 heavy (non-hydrogen) atoms. The van der Waals surface area contributed by atoms with Crippen LogP contribution in [-0.2, 0) is 28.6 Å². The topological polar surface area (TPSA) is 78.9 Å². The summed E-state index contributed by atoms with van der Waals surface area (Å²) in [4.78, 5) is 38.2. The van der Waals surface area contributed by atoms with Crippen LogP contribution < -0.4 is 0 Å². The number of ether oxygens (including phenoxy) is 3. The zero-order chi connectivity index (χ0) is 51.4. The average molecular weight is 986 g/mol. The fourth-order valence-electron chi connectivity index (χ4n) is 7.77. The highest BCUT2D eigenvalue weighted by Gasteiger charge is 2.19. The van der Waals surface area contributed by atoms with E-state index in [4.69, 9.17) is 14.2 Å². The van der Waals surface area contributed by atoms with Gasteiger partial charge in [-0.05, 0) is 128 Å². The van der Waals surface area contributed by atoms with Crippen LogP contribution in [0.5, 0.6) is 0 Å². The molecular formula is C65H108O6. The number of unbranched alkanes of at least 4 members (excludes halogenated alkanes) is 23. The van der Waals surface area contributed by atoms with E-state index in [0.717, 1.165) is 89.9 Å². The maximum absolute atomic E-state index is 12.8. The highest BCUT2D eigenvalue weighted by atomic mass is 16.6. The maximum Gasteiger partial charge on any atom is 0.306 e. The summed E-state index contributed by atoms with van der Waals surface area (Å²) < 4.78 is 16.8. The lowest BCUT2D eigenvalue weighted by Gasteiger charge is -2.18. The monoisotopic (exact) mass is 985 g/mol. The maximum atomic E-state index is 12.8. The second-order valence-corrected chi connectivity index (χ2v) is 19.2. The van der Waals surface area contributed by atoms with Crippen molar-refractivity contribution in [3.05, 3.63) is 109 Å². The van der Waals surface area contributed by atoms with E-state index in [1.54, 1.807) is 0 Å². The molecular weight excluding hydrogens is 877 g/mol. The number of esters is 3. The van der Waals surface area contributed by atoms with Gasteiger partial charge in [-0.3, -0.25) is 14.4 Å². The molecule has 6 nitrogen and oxygen atoms in total. The van der Waals surface area contributed by atoms with E-state index >= 15 is 0 Å². The number of allylic oxidation sites excluding steroid dienone is 18. The molecule has 0 saturated heterocycles. The van der Waals surface area contributed by atoms with E-state index in [-0.39, 0.29) is 37.5 Å². The first kappa shape index (κ1) is 67.1. The average Bonchev–Trinajstić information content (AvgIpc) is 3.37. The van der Waals surface area contributed by atoms with Crippen molar-refractivity contribution in [1.82, 2.24) is 0 Å². The molecule has 0 amide bonds. The van der Waals surface area contributed by atoms with Crippen molar-refractivity contribution >= 4 is 17.9 Å². The minimum absolute atomic E-state index is 0.114. The number of hydrogen-bond donors (Lipinski definition) is 0. The quantitative estimate of drug-likeness (QED) is 0.0261. The summed E-state index contributed by atoms with van der Waals surface area (Å²) in [5.74, 6) is -1.01. The Balaban J connectivity index is 4.54. The van der Waals surface area contributed by atoms with Crippen LogP contribution in [0.3, 0.4) is 0 Å². The third-order valence-electron chi connectivity index (χ3n) is 12.2. The van der Waals surface area contributed by atoms with Crippen molar-refractivity contribution in [2.24, 2.45) is 0 Å². The molecule has 0 aliphatic carbocycles. The second kappa shape index (κ2) is 58.6. The van der Waals surface area contributed by atoms with Gasteiger partial charge >= 0.3 is 17.9 Å². The van der Waals surface area contributed by atoms with E-state index < -0.39 is 6.10 Å². The normalized spacial score (nSPS) is 12.9. The van der Waals surface area contributed by atoms with Crippen LogP contribution in [0, 0.1) is 0 Å². The summed E-state index contributed by atoms with van der Waals surface area (Å²) in [5, 5.41) is 0. The Morgan fingerprint density at radius 1 is 0.282 bits per heavy atom. The van der Waals surface area contributed by atoms with Gasteiger partial charge in [-0.25, -0.2) is 0 Å². The minimum atomic E-state index is -0.824. The Hall–Kier alpha value is -3.93. The molecule has 0 aromatic rings. The van der Waals surface area contributed by atoms with Gasteiger partial charge in [0.2, 0.25) is 0 Å². The molecule has 0 N–H and O–H groups in total. The van der Waals surface area contributed by atoms with E-state index in [1.807, 2.05) is 0 Å². The standard InChI is InChI=1S/C65H108O6/c1-4-7-10-13-16-19-22-25-28-31-32-35-37-40-43-46-49-52-55-58-64(67)70-61-62(71-65(68)59-56-53-50-47-44-41-38-34-30-27-24-21-18-15-12-9-6-3)60-69-63(66)57-54-51-48-45-42-39-36-33-29-26-23-20-17-14-11-8-5-2/h16,18-19,21,25-30,32,35,38,40-41,43,47,50,62H,4-15,17,20,22-24,31,33-34,36-37,39,42,44-46,48-49,51-61H2,1-3H3/b19-16-,21-18-,28-25-,29-26-,30-27-,35-32-,41-38-,43-40-,50-47-/t62-/m0/s1. The van der Waals surface area contributed by atoms with Gasteiger partial charge in [-0.2, -0.15) is 0 Å². The Morgan fingerprint density at radius 2 is 0.521 bits per heavy atom. The van der Waals surface area contributed by atoms with Crippen molar-refractivity contribution in [3.63, 3.8) is 0 Å². The lowest BCUT2D eigenvalue weighted by atomic mass is 10.1. The van der Waals surface area contributed by atoms with Gasteiger partial charge in [0.25, 0.3) is 0 Å². The molecule has 0 aliphatic heterocycles. The molecule has 0 saturated carbocycles. The van der Waals surface area contributed by atoms with Gasteiger partial charge in [-0.1, -0.05) is 226 Å². The molecule has 404 valence electrons. The Morgan fingerprint density at radius 3 is 0.887 bits per heavy atom. The summed E-state index contributed by atoms with van der Waals surface area (Å²) >= 11 is 0. The lowest BCUT2D eigenvalue weighted by Crippen LogP contribution is -2.30. The minimum Gasteiger partial charge on any atom is -0.462 e. The molecule has 0 fully saturated rings. The fraction of sp³-hybridized carbons (Fsp3) is 0.677. The van der Waals surface area contributed by atoms with Gasteiger partial charge in [0.1, 0.15) is 13.2 Å². The van der Waals surface area contributed by atoms with Gasteiger partial charge in [0, 0.05) is 19.3 Å². The van der Waals surface area contributed by atoms with Crippen LogP contribution in [0.4, 0.5) is 0 Å². The largest absolute Gasteiger partial charge is 0.462 e. The summed E-state index contributed by atoms with van der Waals surface area (Å²) in [7, 11) is 0. The molecule has 0 radical (unpaired) electrons. The second-order valence-electron chi connectivity index (χ2n) is 19.2. The zero-order valence-electron chi connectivity index (χ0n) is 46.2. The van der Waals surface area contributed by atoms with Crippen LogP contribution in [0.15, 0.2) is 109 Å². The number of rotatable bonds is 52. The molecule has 0 aromatic heterocycles. The number of hydrogen-bond acceptors (Lipinski definition) is 6. The predicted octanol–water partition coefficient (Wildman–Crippen LogP) is 19.9. The smallest absolute Gasteiger partial charge is 0.306 e. The Labute approximate surface area is 438 Å². The molecule has 0 rings (SSSR count). The van der Waals surface area contributed by atoms with E-state index in [1.165, 1.54) is 128 Å². The van der Waals surface area contributed by atoms with Crippen LogP contribution in [0.2, 0.25) is 0 Å². The van der Waals surface area contributed by atoms with Crippen LogP contribution in [0.1, 0.15) is 265 Å². The van der Waals surface area contributed by atoms with Gasteiger partial charge in [0.15, 0.2) is 6.10 Å². The molecule has 6 heteroatoms. The first-order valence-corrected chi connectivity index (χ1v) is 29.4. The highest BCUT2D eigenvalue weighted by Crippen LogP contribution is 2.13. The van der Waals surface area contributed by atoms with Gasteiger partial charge in [-0.15, -0.1) is 0 Å². The molecule has 0 unspecified atom stereocenters. The molecule has 1 atom stereocenters. The van der Waals surface area contributed by atoms with Crippen LogP contribution >= 0.6 is 0 Å². The van der Waals surface area contributed by atoms with Crippen LogP contribution in [-0.4, -0.2) is 37.2 Å². The Bertz CT molecular complexity index is 1460. The number of carbonyl (C=O) groups excluding carboxylic acids is 3. The zero-order valence-corrected chi connectivity index (χ0v) is 46.2. The summed E-state index contributed by atoms with van der Waals surface area (Å²) in [6.45, 7) is 6.51. The van der Waals surface area contributed by atoms with Crippen LogP contribution in [0.25, 0.3) is 0 Å². The van der Waals surface area contributed by atoms with Crippen molar-refractivity contribution in [2.45, 2.75) is 271 Å². The van der Waals surface area contributed by atoms with E-state index in [2.05, 4.69) is 130 Å². The molecule has 0 aliphatic rings. The first-order valence-electron chi connectivity index (χ1n) is 29.4. The van der Waals surface area contributed by atoms with Crippen molar-refractivity contribution < 1.29 is 28.6 Å². The molecule has 0 aromatic carbocycles. The Kier molecular flexibility index (Phi) is 55.4. The third kappa shape index (κ3) is 56.9. The van der Waals surface area contributed by atoms with Gasteiger partial charge in [0.05, 0.1) is 0 Å². The predicted molar refractivity (Wildman–Crippen MR) is 307 cm³/mol. The molecule has 0 bridgehead atoms. The third-order valence-corrected chi connectivity index (χ3v) is 12.2. The number of carbonyl (C=O) groups is 3. The highest BCUT2D eigenvalue weighted by molar-refractivity contribution is 5.71. The summed E-state index contributed by atoms with van der Waals surface area (Å²) in [6, 6.07) is 0. The first-order chi connectivity index (χ1) is 35.0. The SMILES string of the molecule is CCCCC/C=C\C/C=C\C/C=C\C/C=C\CCCCCC(=O)OC[C@H](COC(=O)CCCCCCCCC/C=C\CCCCCCCC)OC(=O)CCC/C=C\C/C=C\C/C=C\C/C=C\CCCCC. The van der Waals surface area contributed by atoms with Gasteiger partial charge < -0.3 is 14.2 Å².